The molecule has 2 fully saturated rings. The van der Waals surface area contributed by atoms with Crippen molar-refractivity contribution in [3.63, 3.8) is 0 Å². The monoisotopic (exact) mass is 296 g/mol. The lowest BCUT2D eigenvalue weighted by atomic mass is 9.72. The maximum Gasteiger partial charge on any atom is 0.308 e. The van der Waals surface area contributed by atoms with Gasteiger partial charge in [0, 0.05) is 0 Å². The third-order valence-electron chi connectivity index (χ3n) is 5.30. The van der Waals surface area contributed by atoms with Crippen molar-refractivity contribution in [2.45, 2.75) is 57.8 Å². The lowest BCUT2D eigenvalue weighted by Gasteiger charge is -2.33. The van der Waals surface area contributed by atoms with E-state index in [-0.39, 0.29) is 23.8 Å². The van der Waals surface area contributed by atoms with Gasteiger partial charge >= 0.3 is 11.9 Å². The zero-order chi connectivity index (χ0) is 15.2. The van der Waals surface area contributed by atoms with Crippen LogP contribution in [0.15, 0.2) is 0 Å². The fourth-order valence-electron chi connectivity index (χ4n) is 4.24. The van der Waals surface area contributed by atoms with Gasteiger partial charge in [0.15, 0.2) is 0 Å². The Bertz CT molecular complexity index is 332. The summed E-state index contributed by atoms with van der Waals surface area (Å²) < 4.78 is 9.78. The Labute approximate surface area is 127 Å². The molecule has 0 aliphatic heterocycles. The molecule has 0 N–H and O–H groups in total. The van der Waals surface area contributed by atoms with Gasteiger partial charge < -0.3 is 9.47 Å². The van der Waals surface area contributed by atoms with Gasteiger partial charge in [0.25, 0.3) is 0 Å². The number of ether oxygens (including phenoxy) is 2. The van der Waals surface area contributed by atoms with Crippen molar-refractivity contribution in [3.05, 3.63) is 0 Å². The van der Waals surface area contributed by atoms with E-state index < -0.39 is 0 Å². The van der Waals surface area contributed by atoms with Crippen molar-refractivity contribution in [1.82, 2.24) is 0 Å². The first-order valence-corrected chi connectivity index (χ1v) is 8.29. The highest BCUT2D eigenvalue weighted by Gasteiger charge is 2.32. The third kappa shape index (κ3) is 4.45. The van der Waals surface area contributed by atoms with Crippen molar-refractivity contribution in [2.75, 3.05) is 14.2 Å². The molecular weight excluding hydrogens is 268 g/mol. The third-order valence-corrected chi connectivity index (χ3v) is 5.30. The molecule has 0 heterocycles. The molecule has 21 heavy (non-hydrogen) atoms. The van der Waals surface area contributed by atoms with E-state index in [2.05, 4.69) is 0 Å². The Kier molecular flexibility index (Phi) is 6.07. The van der Waals surface area contributed by atoms with E-state index >= 15 is 0 Å². The van der Waals surface area contributed by atoms with Gasteiger partial charge in [-0.2, -0.15) is 0 Å². The van der Waals surface area contributed by atoms with Crippen LogP contribution in [0.1, 0.15) is 57.8 Å². The minimum atomic E-state index is -0.0456. The molecule has 2 saturated carbocycles. The summed E-state index contributed by atoms with van der Waals surface area (Å²) >= 11 is 0. The van der Waals surface area contributed by atoms with E-state index in [0.29, 0.717) is 11.8 Å². The van der Waals surface area contributed by atoms with E-state index in [1.807, 2.05) is 0 Å². The Morgan fingerprint density at radius 2 is 1.24 bits per heavy atom. The fraction of sp³-hybridized carbons (Fsp3) is 0.882. The highest BCUT2D eigenvalue weighted by Crippen LogP contribution is 2.39. The van der Waals surface area contributed by atoms with E-state index in [1.54, 1.807) is 0 Å². The van der Waals surface area contributed by atoms with Crippen molar-refractivity contribution in [1.29, 1.82) is 0 Å². The molecule has 0 radical (unpaired) electrons. The zero-order valence-electron chi connectivity index (χ0n) is 13.3. The number of carbonyl (C=O) groups excluding carboxylic acids is 2. The van der Waals surface area contributed by atoms with Gasteiger partial charge in [0.2, 0.25) is 0 Å². The quantitative estimate of drug-likeness (QED) is 0.747. The molecule has 120 valence electrons. The molecule has 2 aliphatic carbocycles. The predicted molar refractivity (Wildman–Crippen MR) is 79.5 cm³/mol. The molecule has 0 amide bonds. The molecule has 0 aromatic rings. The van der Waals surface area contributed by atoms with Gasteiger partial charge in [-0.05, 0) is 43.9 Å². The molecule has 4 atom stereocenters. The van der Waals surface area contributed by atoms with Crippen molar-refractivity contribution in [3.8, 4) is 0 Å². The van der Waals surface area contributed by atoms with Crippen LogP contribution in [0.4, 0.5) is 0 Å². The smallest absolute Gasteiger partial charge is 0.308 e. The van der Waals surface area contributed by atoms with Gasteiger partial charge in [-0.3, -0.25) is 9.59 Å². The Hall–Kier alpha value is -1.06. The first kappa shape index (κ1) is 16.3. The van der Waals surface area contributed by atoms with Crippen molar-refractivity contribution in [2.24, 2.45) is 23.7 Å². The average Bonchev–Trinajstić information content (AvgIpc) is 2.53. The van der Waals surface area contributed by atoms with Gasteiger partial charge in [-0.25, -0.2) is 0 Å². The summed E-state index contributed by atoms with van der Waals surface area (Å²) in [6, 6.07) is 0. The standard InChI is InChI=1S/C17H28O4/c1-20-16(18)14-7-3-5-12(10-14)9-13-6-4-8-15(11-13)17(19)21-2/h12-15H,3-11H2,1-2H3. The maximum atomic E-state index is 11.7. The highest BCUT2D eigenvalue weighted by atomic mass is 16.5. The summed E-state index contributed by atoms with van der Waals surface area (Å²) in [5, 5.41) is 0. The van der Waals surface area contributed by atoms with Crippen LogP contribution in [-0.4, -0.2) is 26.2 Å². The molecule has 2 aliphatic rings. The predicted octanol–water partition coefficient (Wildman–Crippen LogP) is 3.34. The SMILES string of the molecule is COC(=O)C1CCCC(CC2CCCC(C(=O)OC)C2)C1. The Morgan fingerprint density at radius 3 is 1.62 bits per heavy atom. The van der Waals surface area contributed by atoms with Gasteiger partial charge in [-0.15, -0.1) is 0 Å². The first-order chi connectivity index (χ1) is 10.1. The van der Waals surface area contributed by atoms with Crippen molar-refractivity contribution < 1.29 is 19.1 Å². The van der Waals surface area contributed by atoms with Crippen LogP contribution in [0.3, 0.4) is 0 Å². The van der Waals surface area contributed by atoms with E-state index in [4.69, 9.17) is 9.47 Å². The second-order valence-electron chi connectivity index (χ2n) is 6.74. The van der Waals surface area contributed by atoms with Crippen LogP contribution in [-0.2, 0) is 19.1 Å². The van der Waals surface area contributed by atoms with E-state index in [0.717, 1.165) is 44.9 Å². The molecule has 0 aromatic heterocycles. The molecule has 0 aromatic carbocycles. The number of methoxy groups -OCH3 is 2. The molecular formula is C17H28O4. The second-order valence-corrected chi connectivity index (χ2v) is 6.74. The molecule has 4 unspecified atom stereocenters. The Balaban J connectivity index is 1.83. The summed E-state index contributed by atoms with van der Waals surface area (Å²) in [5.41, 5.74) is 0. The topological polar surface area (TPSA) is 52.6 Å². The maximum absolute atomic E-state index is 11.7. The minimum Gasteiger partial charge on any atom is -0.469 e. The number of carbonyl (C=O) groups is 2. The van der Waals surface area contributed by atoms with Gasteiger partial charge in [0.05, 0.1) is 26.1 Å². The summed E-state index contributed by atoms with van der Waals surface area (Å²) in [7, 11) is 2.96. The first-order valence-electron chi connectivity index (χ1n) is 8.29. The summed E-state index contributed by atoms with van der Waals surface area (Å²) in [6.45, 7) is 0. The van der Waals surface area contributed by atoms with E-state index in [9.17, 15) is 9.59 Å². The lowest BCUT2D eigenvalue weighted by Crippen LogP contribution is -2.28. The molecule has 0 saturated heterocycles. The second kappa shape index (κ2) is 7.81. The van der Waals surface area contributed by atoms with Crippen LogP contribution in [0, 0.1) is 23.7 Å². The highest BCUT2D eigenvalue weighted by molar-refractivity contribution is 5.72. The average molecular weight is 296 g/mol. The molecule has 4 nitrogen and oxygen atoms in total. The van der Waals surface area contributed by atoms with Crippen LogP contribution >= 0.6 is 0 Å². The largest absolute Gasteiger partial charge is 0.469 e. The normalized spacial score (nSPS) is 33.2. The summed E-state index contributed by atoms with van der Waals surface area (Å²) in [4.78, 5) is 23.4. The van der Waals surface area contributed by atoms with Crippen molar-refractivity contribution >= 4 is 11.9 Å². The number of esters is 2. The summed E-state index contributed by atoms with van der Waals surface area (Å²) in [5.74, 6) is 1.32. The fourth-order valence-corrected chi connectivity index (χ4v) is 4.24. The van der Waals surface area contributed by atoms with Crippen LogP contribution in [0.25, 0.3) is 0 Å². The van der Waals surface area contributed by atoms with Gasteiger partial charge in [0.1, 0.15) is 0 Å². The van der Waals surface area contributed by atoms with E-state index in [1.165, 1.54) is 27.1 Å². The zero-order valence-corrected chi connectivity index (χ0v) is 13.3. The molecule has 4 heteroatoms. The minimum absolute atomic E-state index is 0.0456. The lowest BCUT2D eigenvalue weighted by molar-refractivity contribution is -0.147. The number of rotatable bonds is 4. The molecule has 0 bridgehead atoms. The number of hydrogen-bond donors (Lipinski definition) is 0. The Morgan fingerprint density at radius 1 is 0.810 bits per heavy atom. The molecule has 2 rings (SSSR count). The summed E-state index contributed by atoms with van der Waals surface area (Å²) in [6.07, 6.45) is 9.70. The van der Waals surface area contributed by atoms with Crippen LogP contribution in [0.5, 0.6) is 0 Å². The van der Waals surface area contributed by atoms with Crippen LogP contribution < -0.4 is 0 Å². The van der Waals surface area contributed by atoms with Gasteiger partial charge in [-0.1, -0.05) is 25.7 Å². The number of hydrogen-bond acceptors (Lipinski definition) is 4. The molecule has 0 spiro atoms. The van der Waals surface area contributed by atoms with Crippen LogP contribution in [0.2, 0.25) is 0 Å².